The van der Waals surface area contributed by atoms with Gasteiger partial charge in [-0.15, -0.1) is 0 Å². The smallest absolute Gasteiger partial charge is 0.331 e. The number of hydrogen-bond donors (Lipinski definition) is 11. The zero-order chi connectivity index (χ0) is 44.3. The number of aliphatic hydroxyl groups excluding tert-OH is 2. The van der Waals surface area contributed by atoms with Crippen molar-refractivity contribution in [3.8, 4) is 11.5 Å². The molecule has 0 radical (unpaired) electrons. The molecule has 1 fully saturated rings. The van der Waals surface area contributed by atoms with Crippen molar-refractivity contribution in [2.24, 2.45) is 5.73 Å². The van der Waals surface area contributed by atoms with Crippen molar-refractivity contribution in [3.05, 3.63) is 105 Å². The molecule has 8 atom stereocenters. The van der Waals surface area contributed by atoms with Crippen LogP contribution in [-0.4, -0.2) is 131 Å². The summed E-state index contributed by atoms with van der Waals surface area (Å²) in [6, 6.07) is 5.06. The van der Waals surface area contributed by atoms with Crippen molar-refractivity contribution >= 4 is 41.5 Å². The number of aliphatic carboxylic acids is 1. The number of ether oxygens (including phenoxy) is 1. The largest absolute Gasteiger partial charge is 0.508 e. The maximum atomic E-state index is 14.0. The number of thioether (sulfide) groups is 1. The Hall–Kier alpha value is -6.36. The van der Waals surface area contributed by atoms with E-state index in [1.807, 2.05) is 4.98 Å². The summed E-state index contributed by atoms with van der Waals surface area (Å²) in [6.45, 7) is 1.43. The van der Waals surface area contributed by atoms with E-state index in [4.69, 9.17) is 10.5 Å². The summed E-state index contributed by atoms with van der Waals surface area (Å²) in [5, 5.41) is 60.5. The Morgan fingerprint density at radius 1 is 0.950 bits per heavy atom. The van der Waals surface area contributed by atoms with Crippen LogP contribution in [0.15, 0.2) is 82.3 Å². The van der Waals surface area contributed by atoms with Gasteiger partial charge in [-0.25, -0.2) is 14.4 Å². The number of carboxylic acid groups (broad SMARTS) is 1. The number of phenols is 2. The monoisotopic (exact) mass is 856 g/mol. The van der Waals surface area contributed by atoms with Crippen molar-refractivity contribution in [1.82, 2.24) is 35.7 Å². The fourth-order valence-electron chi connectivity index (χ4n) is 6.16. The number of aromatic amines is 1. The SMILES string of the molecule is CSCC[C@H](NC(=O)NC(Cc1cccc(O)c1)C(=O)O)C(=O)N[C@@H](C(=O)N/C=C1\OC(n2ccc(=O)[nH]c2=O)C(O)C1O)C(C)N(C)C(=O)[C@@H](N)Cc1cccc(O)c1. The van der Waals surface area contributed by atoms with Gasteiger partial charge in [0.2, 0.25) is 23.9 Å². The van der Waals surface area contributed by atoms with Crippen LogP contribution < -0.4 is 38.2 Å². The van der Waals surface area contributed by atoms with Crippen LogP contribution in [0.4, 0.5) is 4.79 Å². The molecule has 324 valence electrons. The number of carbonyl (C=O) groups is 5. The van der Waals surface area contributed by atoms with E-state index in [1.165, 1.54) is 56.1 Å². The molecule has 4 rings (SSSR count). The molecule has 2 heterocycles. The number of H-pyrrole nitrogens is 1. The number of likely N-dealkylation sites (N-methyl/N-ethyl adjacent to an activating group) is 1. The highest BCUT2D eigenvalue weighted by atomic mass is 32.2. The van der Waals surface area contributed by atoms with E-state index in [0.29, 0.717) is 16.9 Å². The van der Waals surface area contributed by atoms with E-state index in [0.717, 1.165) is 27.9 Å². The van der Waals surface area contributed by atoms with Crippen molar-refractivity contribution in [3.63, 3.8) is 0 Å². The summed E-state index contributed by atoms with van der Waals surface area (Å²) in [5.41, 5.74) is 5.52. The lowest BCUT2D eigenvalue weighted by molar-refractivity contribution is -0.139. The molecule has 1 aliphatic heterocycles. The van der Waals surface area contributed by atoms with E-state index < -0.39 is 95.4 Å². The van der Waals surface area contributed by atoms with Gasteiger partial charge in [0.1, 0.15) is 47.6 Å². The molecule has 21 nitrogen and oxygen atoms in total. The normalized spacial score (nSPS) is 19.2. The standard InChI is InChI=1S/C38H48N8O13S/c1-19(45(2)34(54)24(39)16-20-6-4-8-22(47)14-20)29(33(53)40-18-27-30(50)31(51)35(59-27)46-12-10-28(49)43-38(46)58)44-32(52)25(11-13-60-3)41-37(57)42-26(36(55)56)17-21-7-5-9-23(48)15-21/h4-10,12,14-15,18-19,24-26,29-31,35,47-48,50-51H,11,13,16-17,39H2,1-3H3,(H,40,53)(H,44,52)(H,55,56)(H2,41,42,57)(H,43,49,58)/b27-18-/t19?,24-,25-,26?,29+,30?,31?,35?/m0/s1. The number of phenolic OH excluding ortho intramolecular Hbond substituents is 2. The van der Waals surface area contributed by atoms with E-state index in [1.54, 1.807) is 24.5 Å². The molecule has 0 aliphatic carbocycles. The van der Waals surface area contributed by atoms with Crippen molar-refractivity contribution < 1.29 is 54.2 Å². The Kier molecular flexibility index (Phi) is 16.3. The van der Waals surface area contributed by atoms with Crippen LogP contribution in [0.25, 0.3) is 0 Å². The summed E-state index contributed by atoms with van der Waals surface area (Å²) in [7, 11) is 1.34. The molecule has 1 aliphatic rings. The number of aliphatic hydroxyl groups is 2. The lowest BCUT2D eigenvalue weighted by atomic mass is 10.0. The topological polar surface area (TPSA) is 328 Å². The van der Waals surface area contributed by atoms with Crippen molar-refractivity contribution in [2.45, 2.75) is 74.8 Å². The zero-order valence-corrected chi connectivity index (χ0v) is 33.5. The summed E-state index contributed by atoms with van der Waals surface area (Å²) >= 11 is 1.33. The Morgan fingerprint density at radius 2 is 1.57 bits per heavy atom. The number of urea groups is 1. The molecular formula is C38H48N8O13S. The molecule has 1 aromatic heterocycles. The predicted molar refractivity (Wildman–Crippen MR) is 215 cm³/mol. The van der Waals surface area contributed by atoms with Gasteiger partial charge in [0.05, 0.1) is 12.1 Å². The third-order valence-corrected chi connectivity index (χ3v) is 10.2. The molecule has 1 saturated heterocycles. The number of rotatable bonds is 18. The molecule has 2 aromatic carbocycles. The number of nitrogens with one attached hydrogen (secondary N) is 5. The first-order chi connectivity index (χ1) is 28.4. The van der Waals surface area contributed by atoms with Crippen molar-refractivity contribution in [2.75, 3.05) is 19.1 Å². The highest BCUT2D eigenvalue weighted by molar-refractivity contribution is 7.98. The predicted octanol–water partition coefficient (Wildman–Crippen LogP) is -1.83. The zero-order valence-electron chi connectivity index (χ0n) is 32.7. The maximum absolute atomic E-state index is 14.0. The maximum Gasteiger partial charge on any atom is 0.331 e. The number of aromatic nitrogens is 2. The third kappa shape index (κ3) is 12.3. The van der Waals surface area contributed by atoms with E-state index in [-0.39, 0.29) is 30.8 Å². The minimum atomic E-state index is -1.78. The van der Waals surface area contributed by atoms with Gasteiger partial charge in [-0.2, -0.15) is 11.8 Å². The number of aromatic hydroxyl groups is 2. The summed E-state index contributed by atoms with van der Waals surface area (Å²) in [6.07, 6.45) is -1.59. The quantitative estimate of drug-likeness (QED) is 0.0671. The van der Waals surface area contributed by atoms with Crippen molar-refractivity contribution in [1.29, 1.82) is 0 Å². The number of nitrogens with zero attached hydrogens (tertiary/aromatic N) is 2. The lowest BCUT2D eigenvalue weighted by Gasteiger charge is -2.34. The van der Waals surface area contributed by atoms with Crippen LogP contribution in [0, 0.1) is 0 Å². The Labute approximate surface area is 346 Å². The number of carbonyl (C=O) groups excluding carboxylic acids is 4. The molecule has 5 unspecified atom stereocenters. The molecule has 0 spiro atoms. The van der Waals surface area contributed by atoms with Gasteiger partial charge in [-0.3, -0.25) is 28.7 Å². The first-order valence-electron chi connectivity index (χ1n) is 18.4. The third-order valence-electron chi connectivity index (χ3n) is 9.54. The average molecular weight is 857 g/mol. The highest BCUT2D eigenvalue weighted by Gasteiger charge is 2.42. The van der Waals surface area contributed by atoms with Gasteiger partial charge in [-0.1, -0.05) is 24.3 Å². The van der Waals surface area contributed by atoms with E-state index >= 15 is 0 Å². The molecule has 0 saturated carbocycles. The molecule has 22 heteroatoms. The number of hydrogen-bond acceptors (Lipinski definition) is 14. The molecule has 5 amide bonds. The van der Waals surface area contributed by atoms with Crippen LogP contribution in [0.3, 0.4) is 0 Å². The van der Waals surface area contributed by atoms with Gasteiger partial charge < -0.3 is 62.2 Å². The fraction of sp³-hybridized carbons (Fsp3) is 0.395. The minimum absolute atomic E-state index is 0.00445. The lowest BCUT2D eigenvalue weighted by Crippen LogP contribution is -2.62. The van der Waals surface area contributed by atoms with Gasteiger partial charge in [-0.05, 0) is 67.2 Å². The van der Waals surface area contributed by atoms with Gasteiger partial charge >= 0.3 is 17.7 Å². The highest BCUT2D eigenvalue weighted by Crippen LogP contribution is 2.30. The number of carboxylic acids is 1. The van der Waals surface area contributed by atoms with Crippen LogP contribution in [0.5, 0.6) is 11.5 Å². The van der Waals surface area contributed by atoms with Gasteiger partial charge in [0.25, 0.3) is 5.56 Å². The summed E-state index contributed by atoms with van der Waals surface area (Å²) < 4.78 is 6.37. The van der Waals surface area contributed by atoms with Crippen LogP contribution in [-0.2, 0) is 36.8 Å². The number of amides is 5. The first-order valence-corrected chi connectivity index (χ1v) is 19.8. The Morgan fingerprint density at radius 3 is 2.15 bits per heavy atom. The first kappa shape index (κ1) is 46.3. The molecule has 60 heavy (non-hydrogen) atoms. The summed E-state index contributed by atoms with van der Waals surface area (Å²) in [4.78, 5) is 93.7. The molecule has 3 aromatic rings. The Bertz CT molecular complexity index is 2180. The van der Waals surface area contributed by atoms with E-state index in [2.05, 4.69) is 21.3 Å². The Balaban J connectivity index is 1.57. The minimum Gasteiger partial charge on any atom is -0.508 e. The fourth-order valence-corrected chi connectivity index (χ4v) is 6.63. The number of benzene rings is 2. The molecule has 0 bridgehead atoms. The van der Waals surface area contributed by atoms with E-state index in [9.17, 15) is 59.1 Å². The molecular weight excluding hydrogens is 809 g/mol. The number of nitrogens with two attached hydrogens (primary N) is 1. The second kappa shape index (κ2) is 21.1. The van der Waals surface area contributed by atoms with Crippen LogP contribution in [0.2, 0.25) is 0 Å². The van der Waals surface area contributed by atoms with Gasteiger partial charge in [0, 0.05) is 31.9 Å². The second-order valence-electron chi connectivity index (χ2n) is 13.9. The summed E-state index contributed by atoms with van der Waals surface area (Å²) in [5.74, 6) is -4.19. The van der Waals surface area contributed by atoms with Crippen LogP contribution >= 0.6 is 11.8 Å². The average Bonchev–Trinajstić information content (AvgIpc) is 3.47. The van der Waals surface area contributed by atoms with Crippen LogP contribution in [0.1, 0.15) is 30.7 Å². The van der Waals surface area contributed by atoms with Gasteiger partial charge in [0.15, 0.2) is 0 Å². The molecule has 12 N–H and O–H groups in total. The second-order valence-corrected chi connectivity index (χ2v) is 14.9.